The first-order chi connectivity index (χ1) is 12.3. The van der Waals surface area contributed by atoms with Gasteiger partial charge in [0.25, 0.3) is 5.91 Å². The van der Waals surface area contributed by atoms with Crippen LogP contribution in [0.4, 0.5) is 0 Å². The van der Waals surface area contributed by atoms with Gasteiger partial charge in [0.1, 0.15) is 5.75 Å². The van der Waals surface area contributed by atoms with E-state index < -0.39 is 18.0 Å². The van der Waals surface area contributed by atoms with Crippen LogP contribution in [0.3, 0.4) is 0 Å². The minimum absolute atomic E-state index is 0.333. The van der Waals surface area contributed by atoms with E-state index in [1.165, 1.54) is 14.0 Å². The molecule has 2 rings (SSSR count). The number of carbonyl (C=O) groups excluding carboxylic acids is 2. The third-order valence-electron chi connectivity index (χ3n) is 3.77. The van der Waals surface area contributed by atoms with E-state index in [0.29, 0.717) is 21.4 Å². The van der Waals surface area contributed by atoms with Gasteiger partial charge in [0.05, 0.1) is 18.7 Å². The molecule has 0 unspecified atom stereocenters. The maximum absolute atomic E-state index is 12.3. The Balaban J connectivity index is 1.96. The van der Waals surface area contributed by atoms with Crippen molar-refractivity contribution in [1.82, 2.24) is 5.32 Å². The molecule has 1 N–H and O–H groups in total. The largest absolute Gasteiger partial charge is 0.497 e. The standard InChI is InChI=1S/C19H19Cl2NO4/c1-11(16-9-6-14(20)10-17(16)21)22-18(23)12(2)26-19(24)13-4-7-15(25-3)8-5-13/h4-12H,1-3H3,(H,22,23)/t11-,12+/m0/s1. The maximum Gasteiger partial charge on any atom is 0.338 e. The highest BCUT2D eigenvalue weighted by Gasteiger charge is 2.21. The van der Waals surface area contributed by atoms with E-state index in [1.54, 1.807) is 49.4 Å². The molecule has 0 saturated heterocycles. The molecule has 0 aromatic heterocycles. The monoisotopic (exact) mass is 395 g/mol. The quantitative estimate of drug-likeness (QED) is 0.734. The first-order valence-corrected chi connectivity index (χ1v) is 8.67. The van der Waals surface area contributed by atoms with E-state index in [4.69, 9.17) is 32.7 Å². The molecular formula is C19H19Cl2NO4. The molecule has 0 bridgehead atoms. The highest BCUT2D eigenvalue weighted by Crippen LogP contribution is 2.26. The second kappa shape index (κ2) is 8.92. The van der Waals surface area contributed by atoms with Crippen LogP contribution in [0.15, 0.2) is 42.5 Å². The van der Waals surface area contributed by atoms with Crippen LogP contribution in [0.25, 0.3) is 0 Å². The molecule has 0 aliphatic rings. The Morgan fingerprint density at radius 1 is 1.04 bits per heavy atom. The number of carbonyl (C=O) groups is 2. The lowest BCUT2D eigenvalue weighted by Gasteiger charge is -2.19. The molecular weight excluding hydrogens is 377 g/mol. The smallest absolute Gasteiger partial charge is 0.338 e. The maximum atomic E-state index is 12.3. The van der Waals surface area contributed by atoms with Gasteiger partial charge in [-0.1, -0.05) is 29.3 Å². The molecule has 2 aromatic rings. The highest BCUT2D eigenvalue weighted by atomic mass is 35.5. The average molecular weight is 396 g/mol. The molecule has 5 nitrogen and oxygen atoms in total. The molecule has 0 radical (unpaired) electrons. The van der Waals surface area contributed by atoms with Gasteiger partial charge in [-0.15, -0.1) is 0 Å². The van der Waals surface area contributed by atoms with E-state index in [2.05, 4.69) is 5.32 Å². The Hall–Kier alpha value is -2.24. The summed E-state index contributed by atoms with van der Waals surface area (Å²) in [5, 5.41) is 3.73. The normalized spacial score (nSPS) is 12.8. The Morgan fingerprint density at radius 3 is 2.27 bits per heavy atom. The molecule has 7 heteroatoms. The summed E-state index contributed by atoms with van der Waals surface area (Å²) in [6.07, 6.45) is -0.960. The van der Waals surface area contributed by atoms with Crippen LogP contribution in [0, 0.1) is 0 Å². The van der Waals surface area contributed by atoms with Crippen LogP contribution in [-0.4, -0.2) is 25.1 Å². The van der Waals surface area contributed by atoms with Gasteiger partial charge >= 0.3 is 5.97 Å². The lowest BCUT2D eigenvalue weighted by atomic mass is 10.1. The second-order valence-electron chi connectivity index (χ2n) is 5.67. The summed E-state index contributed by atoms with van der Waals surface area (Å²) in [5.74, 6) is -0.390. The van der Waals surface area contributed by atoms with Crippen molar-refractivity contribution >= 4 is 35.1 Å². The number of benzene rings is 2. The molecule has 138 valence electrons. The molecule has 2 aromatic carbocycles. The van der Waals surface area contributed by atoms with Crippen molar-refractivity contribution in [2.24, 2.45) is 0 Å². The lowest BCUT2D eigenvalue weighted by molar-refractivity contribution is -0.129. The predicted molar refractivity (Wildman–Crippen MR) is 101 cm³/mol. The number of methoxy groups -OCH3 is 1. The van der Waals surface area contributed by atoms with Crippen molar-refractivity contribution in [3.05, 3.63) is 63.6 Å². The number of nitrogens with one attached hydrogen (secondary N) is 1. The number of esters is 1. The van der Waals surface area contributed by atoms with Crippen molar-refractivity contribution in [1.29, 1.82) is 0 Å². The van der Waals surface area contributed by atoms with Gasteiger partial charge in [-0.2, -0.15) is 0 Å². The van der Waals surface area contributed by atoms with Crippen molar-refractivity contribution in [3.63, 3.8) is 0 Å². The van der Waals surface area contributed by atoms with Crippen LogP contribution >= 0.6 is 23.2 Å². The number of rotatable bonds is 6. The Bertz CT molecular complexity index is 793. The number of amides is 1. The lowest BCUT2D eigenvalue weighted by Crippen LogP contribution is -2.37. The molecule has 26 heavy (non-hydrogen) atoms. The predicted octanol–water partition coefficient (Wildman–Crippen LogP) is 4.42. The van der Waals surface area contributed by atoms with Crippen molar-refractivity contribution in [3.8, 4) is 5.75 Å². The summed E-state index contributed by atoms with van der Waals surface area (Å²) in [5.41, 5.74) is 1.05. The van der Waals surface area contributed by atoms with Gasteiger partial charge in [0, 0.05) is 10.0 Å². The van der Waals surface area contributed by atoms with Gasteiger partial charge in [0.15, 0.2) is 6.10 Å². The fourth-order valence-corrected chi connectivity index (χ4v) is 2.84. The van der Waals surface area contributed by atoms with E-state index in [1.807, 2.05) is 0 Å². The topological polar surface area (TPSA) is 64.6 Å². The fraction of sp³-hybridized carbons (Fsp3) is 0.263. The number of hydrogen-bond acceptors (Lipinski definition) is 4. The summed E-state index contributed by atoms with van der Waals surface area (Å²) in [4.78, 5) is 24.4. The van der Waals surface area contributed by atoms with Crippen LogP contribution in [0.2, 0.25) is 10.0 Å². The van der Waals surface area contributed by atoms with Gasteiger partial charge in [-0.3, -0.25) is 4.79 Å². The Kier molecular flexibility index (Phi) is 6.89. The van der Waals surface area contributed by atoms with Crippen molar-refractivity contribution in [2.45, 2.75) is 26.0 Å². The Labute approximate surface area is 162 Å². The van der Waals surface area contributed by atoms with Crippen LogP contribution in [0.1, 0.15) is 35.8 Å². The third kappa shape index (κ3) is 5.13. The van der Waals surface area contributed by atoms with Crippen molar-refractivity contribution in [2.75, 3.05) is 7.11 Å². The van der Waals surface area contributed by atoms with E-state index in [-0.39, 0.29) is 6.04 Å². The minimum Gasteiger partial charge on any atom is -0.497 e. The van der Waals surface area contributed by atoms with Crippen LogP contribution in [0.5, 0.6) is 5.75 Å². The first kappa shape index (κ1) is 20.1. The summed E-state index contributed by atoms with van der Waals surface area (Å²) < 4.78 is 10.2. The second-order valence-corrected chi connectivity index (χ2v) is 6.52. The number of halogens is 2. The molecule has 0 aliphatic carbocycles. The SMILES string of the molecule is COc1ccc(C(=O)O[C@H](C)C(=O)N[C@@H](C)c2ccc(Cl)cc2Cl)cc1. The van der Waals surface area contributed by atoms with Gasteiger partial charge in [0.2, 0.25) is 0 Å². The highest BCUT2D eigenvalue weighted by molar-refractivity contribution is 6.35. The van der Waals surface area contributed by atoms with E-state index in [0.717, 1.165) is 5.56 Å². The molecule has 0 saturated carbocycles. The number of ether oxygens (including phenoxy) is 2. The van der Waals surface area contributed by atoms with E-state index >= 15 is 0 Å². The molecule has 0 fully saturated rings. The van der Waals surface area contributed by atoms with E-state index in [9.17, 15) is 9.59 Å². The molecule has 0 heterocycles. The first-order valence-electron chi connectivity index (χ1n) is 7.92. The average Bonchev–Trinajstić information content (AvgIpc) is 2.61. The summed E-state index contributed by atoms with van der Waals surface area (Å²) in [7, 11) is 1.54. The summed E-state index contributed by atoms with van der Waals surface area (Å²) in [6.45, 7) is 3.29. The molecule has 0 spiro atoms. The zero-order chi connectivity index (χ0) is 19.3. The zero-order valence-electron chi connectivity index (χ0n) is 14.6. The van der Waals surface area contributed by atoms with Crippen LogP contribution in [-0.2, 0) is 9.53 Å². The van der Waals surface area contributed by atoms with Crippen molar-refractivity contribution < 1.29 is 19.1 Å². The third-order valence-corrected chi connectivity index (χ3v) is 4.33. The van der Waals surface area contributed by atoms with Crippen LogP contribution < -0.4 is 10.1 Å². The minimum atomic E-state index is -0.960. The molecule has 0 aliphatic heterocycles. The van der Waals surface area contributed by atoms with Gasteiger partial charge in [-0.05, 0) is 55.8 Å². The fourth-order valence-electron chi connectivity index (χ4n) is 2.27. The number of hydrogen-bond donors (Lipinski definition) is 1. The summed E-state index contributed by atoms with van der Waals surface area (Å²) >= 11 is 12.0. The molecule has 1 amide bonds. The molecule has 2 atom stereocenters. The van der Waals surface area contributed by atoms with Gasteiger partial charge in [-0.25, -0.2) is 4.79 Å². The summed E-state index contributed by atoms with van der Waals surface area (Å²) in [6, 6.07) is 11.1. The Morgan fingerprint density at radius 2 is 1.69 bits per heavy atom. The van der Waals surface area contributed by atoms with Gasteiger partial charge < -0.3 is 14.8 Å². The zero-order valence-corrected chi connectivity index (χ0v) is 16.1.